The van der Waals surface area contributed by atoms with Crippen molar-refractivity contribution in [2.75, 3.05) is 0 Å². The van der Waals surface area contributed by atoms with Crippen LogP contribution in [-0.2, 0) is 0 Å². The minimum absolute atomic E-state index is 0.180. The van der Waals surface area contributed by atoms with Gasteiger partial charge in [-0.15, -0.1) is 0 Å². The third kappa shape index (κ3) is 2.66. The van der Waals surface area contributed by atoms with Gasteiger partial charge in [0.25, 0.3) is 0 Å². The van der Waals surface area contributed by atoms with E-state index in [1.807, 2.05) is 36.4 Å². The molecule has 1 aromatic carbocycles. The van der Waals surface area contributed by atoms with Crippen molar-refractivity contribution < 1.29 is 0 Å². The van der Waals surface area contributed by atoms with Gasteiger partial charge >= 0.3 is 0 Å². The van der Waals surface area contributed by atoms with Crippen LogP contribution in [0.2, 0.25) is 0 Å². The molecular weight excluding hydrogens is 352 g/mol. The summed E-state index contributed by atoms with van der Waals surface area (Å²) < 4.78 is 3.35. The Labute approximate surface area is 159 Å². The summed E-state index contributed by atoms with van der Waals surface area (Å²) in [7, 11) is 0. The van der Waals surface area contributed by atoms with Crippen molar-refractivity contribution in [3.8, 4) is 22.8 Å². The van der Waals surface area contributed by atoms with Gasteiger partial charge in [-0.25, -0.2) is 9.36 Å². The Morgan fingerprint density at radius 3 is 2.57 bits per heavy atom. The highest BCUT2D eigenvalue weighted by Gasteiger charge is 2.15. The fourth-order valence-corrected chi connectivity index (χ4v) is 3.17. The summed E-state index contributed by atoms with van der Waals surface area (Å²) in [4.78, 5) is 20.9. The van der Waals surface area contributed by atoms with E-state index >= 15 is 0 Å². The zero-order valence-corrected chi connectivity index (χ0v) is 14.7. The monoisotopic (exact) mass is 366 g/mol. The Balaban J connectivity index is 1.71. The van der Waals surface area contributed by atoms with E-state index < -0.39 is 0 Å². The fourth-order valence-electron chi connectivity index (χ4n) is 3.17. The van der Waals surface area contributed by atoms with Crippen LogP contribution < -0.4 is 5.43 Å². The smallest absolute Gasteiger partial charge is 0.209 e. The van der Waals surface area contributed by atoms with Crippen LogP contribution in [0.5, 0.6) is 0 Å². The van der Waals surface area contributed by atoms with Crippen molar-refractivity contribution in [2.45, 2.75) is 0 Å². The maximum atomic E-state index is 12.6. The lowest BCUT2D eigenvalue weighted by Crippen LogP contribution is -2.15. The quantitative estimate of drug-likeness (QED) is 0.490. The Morgan fingerprint density at radius 2 is 1.68 bits per heavy atom. The number of rotatable bonds is 3. The van der Waals surface area contributed by atoms with Crippen molar-refractivity contribution in [1.82, 2.24) is 29.5 Å². The highest BCUT2D eigenvalue weighted by atomic mass is 16.1. The molecule has 0 aliphatic rings. The summed E-state index contributed by atoms with van der Waals surface area (Å²) in [6.45, 7) is 0. The van der Waals surface area contributed by atoms with Crippen molar-refractivity contribution in [3.05, 3.63) is 95.9 Å². The molecule has 0 atom stereocenters. The average molecular weight is 366 g/mol. The van der Waals surface area contributed by atoms with Crippen LogP contribution in [0.3, 0.4) is 0 Å². The van der Waals surface area contributed by atoms with Gasteiger partial charge in [-0.3, -0.25) is 14.8 Å². The van der Waals surface area contributed by atoms with Gasteiger partial charge in [0.05, 0.1) is 29.5 Å². The number of fused-ring (bicyclic) bond motifs is 1. The molecule has 0 aliphatic heterocycles. The molecule has 0 bridgehead atoms. The lowest BCUT2D eigenvalue weighted by atomic mass is 10.1. The Hall–Kier alpha value is -4.13. The van der Waals surface area contributed by atoms with Crippen molar-refractivity contribution in [1.29, 1.82) is 0 Å². The number of pyridine rings is 2. The summed E-state index contributed by atoms with van der Waals surface area (Å²) in [6, 6.07) is 14.9. The zero-order valence-electron chi connectivity index (χ0n) is 14.7. The molecule has 5 rings (SSSR count). The molecule has 0 unspecified atom stereocenters. The SMILES string of the molecule is O=c1ccn(-c2ccncc2)nc1-c1ccnn1-c1cncc2ccccc12. The first-order chi connectivity index (χ1) is 13.8. The van der Waals surface area contributed by atoms with Gasteiger partial charge in [0.15, 0.2) is 5.69 Å². The number of hydrogen-bond donors (Lipinski definition) is 0. The molecule has 5 aromatic rings. The summed E-state index contributed by atoms with van der Waals surface area (Å²) in [5.74, 6) is 0. The Morgan fingerprint density at radius 1 is 0.821 bits per heavy atom. The van der Waals surface area contributed by atoms with E-state index in [9.17, 15) is 4.79 Å². The normalized spacial score (nSPS) is 11.0. The molecule has 0 saturated heterocycles. The van der Waals surface area contributed by atoms with E-state index in [0.29, 0.717) is 11.4 Å². The second kappa shape index (κ2) is 6.55. The molecule has 134 valence electrons. The largest absolute Gasteiger partial charge is 0.287 e. The van der Waals surface area contributed by atoms with Crippen LogP contribution in [-0.4, -0.2) is 29.5 Å². The second-order valence-corrected chi connectivity index (χ2v) is 6.19. The van der Waals surface area contributed by atoms with Crippen molar-refractivity contribution in [3.63, 3.8) is 0 Å². The standard InChI is InChI=1S/C21H14N6O/c28-20-8-12-26(16-5-9-22-10-6-16)25-21(20)18-7-11-24-27(18)19-14-23-13-15-3-1-2-4-17(15)19/h1-14H. The summed E-state index contributed by atoms with van der Waals surface area (Å²) in [5.41, 5.74) is 2.34. The highest BCUT2D eigenvalue weighted by Crippen LogP contribution is 2.24. The topological polar surface area (TPSA) is 78.5 Å². The zero-order chi connectivity index (χ0) is 18.9. The summed E-state index contributed by atoms with van der Waals surface area (Å²) in [6.07, 6.45) is 10.2. The van der Waals surface area contributed by atoms with Crippen LogP contribution in [0, 0.1) is 0 Å². The molecule has 4 aromatic heterocycles. The first-order valence-electron chi connectivity index (χ1n) is 8.69. The van der Waals surface area contributed by atoms with Crippen LogP contribution in [0.4, 0.5) is 0 Å². The third-order valence-electron chi connectivity index (χ3n) is 4.50. The van der Waals surface area contributed by atoms with Gasteiger partial charge in [-0.2, -0.15) is 10.2 Å². The third-order valence-corrected chi connectivity index (χ3v) is 4.50. The van der Waals surface area contributed by atoms with E-state index in [1.165, 1.54) is 6.07 Å². The maximum absolute atomic E-state index is 12.6. The number of aromatic nitrogens is 6. The molecule has 0 fully saturated rings. The molecule has 7 heteroatoms. The van der Waals surface area contributed by atoms with Crippen LogP contribution in [0.1, 0.15) is 0 Å². The average Bonchev–Trinajstić information content (AvgIpc) is 3.24. The molecule has 0 radical (unpaired) electrons. The molecule has 0 aliphatic carbocycles. The fraction of sp³-hybridized carbons (Fsp3) is 0. The molecule has 4 heterocycles. The van der Waals surface area contributed by atoms with Crippen LogP contribution in [0.25, 0.3) is 33.5 Å². The van der Waals surface area contributed by atoms with Gasteiger partial charge in [0, 0.05) is 41.6 Å². The number of benzene rings is 1. The maximum Gasteiger partial charge on any atom is 0.209 e. The van der Waals surface area contributed by atoms with E-state index in [-0.39, 0.29) is 5.43 Å². The lowest BCUT2D eigenvalue weighted by molar-refractivity contribution is 0.822. The predicted octanol–water partition coefficient (Wildman–Crippen LogP) is 3.03. The van der Waals surface area contributed by atoms with E-state index in [4.69, 9.17) is 0 Å². The first kappa shape index (κ1) is 16.1. The van der Waals surface area contributed by atoms with E-state index in [2.05, 4.69) is 20.2 Å². The van der Waals surface area contributed by atoms with Crippen molar-refractivity contribution >= 4 is 10.8 Å². The molecule has 0 amide bonds. The predicted molar refractivity (Wildman–Crippen MR) is 105 cm³/mol. The minimum atomic E-state index is -0.180. The number of nitrogens with zero attached hydrogens (tertiary/aromatic N) is 6. The van der Waals surface area contributed by atoms with Gasteiger partial charge < -0.3 is 0 Å². The molecule has 28 heavy (non-hydrogen) atoms. The highest BCUT2D eigenvalue weighted by molar-refractivity contribution is 5.89. The number of hydrogen-bond acceptors (Lipinski definition) is 5. The Kier molecular flexibility index (Phi) is 3.76. The molecule has 0 spiro atoms. The van der Waals surface area contributed by atoms with Crippen LogP contribution in [0.15, 0.2) is 90.5 Å². The van der Waals surface area contributed by atoms with E-state index in [1.54, 1.807) is 52.6 Å². The lowest BCUT2D eigenvalue weighted by Gasteiger charge is -2.11. The summed E-state index contributed by atoms with van der Waals surface area (Å²) in [5, 5.41) is 11.0. The van der Waals surface area contributed by atoms with Gasteiger partial charge in [0.2, 0.25) is 5.43 Å². The second-order valence-electron chi connectivity index (χ2n) is 6.19. The molecular formula is C21H14N6O. The first-order valence-corrected chi connectivity index (χ1v) is 8.69. The molecule has 0 saturated carbocycles. The summed E-state index contributed by atoms with van der Waals surface area (Å²) >= 11 is 0. The molecule has 0 N–H and O–H groups in total. The van der Waals surface area contributed by atoms with Gasteiger partial charge in [-0.1, -0.05) is 24.3 Å². The van der Waals surface area contributed by atoms with E-state index in [0.717, 1.165) is 22.1 Å². The Bertz CT molecular complexity index is 1330. The van der Waals surface area contributed by atoms with Gasteiger partial charge in [0.1, 0.15) is 0 Å². The minimum Gasteiger partial charge on any atom is -0.287 e. The van der Waals surface area contributed by atoms with Crippen LogP contribution >= 0.6 is 0 Å². The molecule has 7 nitrogen and oxygen atoms in total. The van der Waals surface area contributed by atoms with Gasteiger partial charge in [-0.05, 0) is 18.2 Å². The van der Waals surface area contributed by atoms with Crippen molar-refractivity contribution in [2.24, 2.45) is 0 Å².